The zero-order valence-electron chi connectivity index (χ0n) is 14.7. The lowest BCUT2D eigenvalue weighted by Gasteiger charge is -2.48. The monoisotopic (exact) mass is 315 g/mol. The highest BCUT2D eigenvalue weighted by molar-refractivity contribution is 5.82. The maximum absolute atomic E-state index is 12.7. The molecule has 3 rings (SSSR count). The highest BCUT2D eigenvalue weighted by Gasteiger charge is 2.52. The molecular weight excluding hydrogens is 286 g/mol. The molecule has 4 nitrogen and oxygen atoms in total. The Morgan fingerprint density at radius 2 is 1.83 bits per heavy atom. The van der Waals surface area contributed by atoms with Crippen LogP contribution in [0.15, 0.2) is 30.3 Å². The summed E-state index contributed by atoms with van der Waals surface area (Å²) in [6.45, 7) is 10.1. The molecule has 1 aromatic rings. The fraction of sp³-hybridized carbons (Fsp3) is 0.632. The third kappa shape index (κ3) is 3.29. The molecule has 0 N–H and O–H groups in total. The summed E-state index contributed by atoms with van der Waals surface area (Å²) < 4.78 is 0. The zero-order chi connectivity index (χ0) is 16.4. The molecular formula is C19H29N3O. The van der Waals surface area contributed by atoms with Crippen molar-refractivity contribution in [3.8, 4) is 0 Å². The van der Waals surface area contributed by atoms with E-state index >= 15 is 0 Å². The molecule has 2 aliphatic rings. The summed E-state index contributed by atoms with van der Waals surface area (Å²) in [4.78, 5) is 19.4. The Bertz CT molecular complexity index is 535. The molecule has 4 heteroatoms. The standard InChI is InChI=1S/C19H29N3O/c1-4-22(5-2)18(23)17-11-19(13-20(17)3)14-21(15-19)12-16-9-7-6-8-10-16/h6-10,17H,4-5,11-15H2,1-3H3. The third-order valence-electron chi connectivity index (χ3n) is 5.47. The molecule has 1 amide bonds. The summed E-state index contributed by atoms with van der Waals surface area (Å²) in [6.07, 6.45) is 1.02. The van der Waals surface area contributed by atoms with Crippen LogP contribution in [0.2, 0.25) is 0 Å². The molecule has 2 heterocycles. The topological polar surface area (TPSA) is 26.8 Å². The van der Waals surface area contributed by atoms with Crippen molar-refractivity contribution in [3.63, 3.8) is 0 Å². The molecule has 1 aromatic carbocycles. The Balaban J connectivity index is 1.56. The minimum absolute atomic E-state index is 0.0776. The number of benzene rings is 1. The van der Waals surface area contributed by atoms with E-state index in [9.17, 15) is 4.79 Å². The van der Waals surface area contributed by atoms with E-state index in [0.717, 1.165) is 45.7 Å². The van der Waals surface area contributed by atoms with Crippen LogP contribution in [0.25, 0.3) is 0 Å². The maximum atomic E-state index is 12.7. The predicted molar refractivity (Wildman–Crippen MR) is 93.1 cm³/mol. The fourth-order valence-corrected chi connectivity index (χ4v) is 4.38. The van der Waals surface area contributed by atoms with Crippen molar-refractivity contribution in [1.29, 1.82) is 0 Å². The molecule has 0 bridgehead atoms. The smallest absolute Gasteiger partial charge is 0.239 e. The van der Waals surface area contributed by atoms with Crippen molar-refractivity contribution >= 4 is 5.91 Å². The lowest BCUT2D eigenvalue weighted by Crippen LogP contribution is -2.56. The van der Waals surface area contributed by atoms with Gasteiger partial charge >= 0.3 is 0 Å². The Labute approximate surface area is 140 Å². The van der Waals surface area contributed by atoms with Crippen molar-refractivity contribution in [2.45, 2.75) is 32.9 Å². The fourth-order valence-electron chi connectivity index (χ4n) is 4.38. The van der Waals surface area contributed by atoms with Gasteiger partial charge in [-0.1, -0.05) is 30.3 Å². The van der Waals surface area contributed by atoms with Crippen LogP contribution in [0, 0.1) is 5.41 Å². The average Bonchev–Trinajstić information content (AvgIpc) is 2.87. The van der Waals surface area contributed by atoms with Crippen LogP contribution >= 0.6 is 0 Å². The molecule has 2 saturated heterocycles. The van der Waals surface area contributed by atoms with Gasteiger partial charge in [0.25, 0.3) is 0 Å². The van der Waals surface area contributed by atoms with E-state index in [1.807, 2.05) is 4.90 Å². The van der Waals surface area contributed by atoms with Crippen molar-refractivity contribution in [2.75, 3.05) is 39.8 Å². The van der Waals surface area contributed by atoms with Gasteiger partial charge in [0.05, 0.1) is 6.04 Å². The van der Waals surface area contributed by atoms with Gasteiger partial charge in [-0.15, -0.1) is 0 Å². The van der Waals surface area contributed by atoms with Crippen LogP contribution in [0.1, 0.15) is 25.8 Å². The first-order valence-electron chi connectivity index (χ1n) is 8.82. The number of hydrogen-bond acceptors (Lipinski definition) is 3. The summed E-state index contributed by atoms with van der Waals surface area (Å²) in [5.41, 5.74) is 1.71. The number of carbonyl (C=O) groups excluding carboxylic acids is 1. The Kier molecular flexibility index (Phi) is 4.74. The van der Waals surface area contributed by atoms with Crippen LogP contribution in [-0.4, -0.2) is 66.4 Å². The quantitative estimate of drug-likeness (QED) is 0.832. The zero-order valence-corrected chi connectivity index (χ0v) is 14.7. The number of hydrogen-bond donors (Lipinski definition) is 0. The van der Waals surface area contributed by atoms with Gasteiger partial charge in [-0.25, -0.2) is 0 Å². The SMILES string of the molecule is CCN(CC)C(=O)C1CC2(CN(Cc3ccccc3)C2)CN1C. The normalized spacial score (nSPS) is 23.9. The number of amides is 1. The molecule has 0 aromatic heterocycles. The first kappa shape index (κ1) is 16.5. The van der Waals surface area contributed by atoms with Gasteiger partial charge in [0.15, 0.2) is 0 Å². The van der Waals surface area contributed by atoms with Crippen LogP contribution in [0.3, 0.4) is 0 Å². The number of carbonyl (C=O) groups is 1. The molecule has 2 aliphatic heterocycles. The Morgan fingerprint density at radius 3 is 2.43 bits per heavy atom. The van der Waals surface area contributed by atoms with E-state index in [2.05, 4.69) is 61.0 Å². The van der Waals surface area contributed by atoms with Crippen LogP contribution in [0.4, 0.5) is 0 Å². The van der Waals surface area contributed by atoms with Gasteiger partial charge < -0.3 is 4.90 Å². The lowest BCUT2D eigenvalue weighted by molar-refractivity contribution is -0.135. The van der Waals surface area contributed by atoms with E-state index in [1.165, 1.54) is 5.56 Å². The molecule has 1 unspecified atom stereocenters. The van der Waals surface area contributed by atoms with Gasteiger partial charge in [0.2, 0.25) is 5.91 Å². The van der Waals surface area contributed by atoms with Crippen molar-refractivity contribution in [3.05, 3.63) is 35.9 Å². The molecule has 1 spiro atoms. The maximum Gasteiger partial charge on any atom is 0.239 e. The van der Waals surface area contributed by atoms with Crippen molar-refractivity contribution < 1.29 is 4.79 Å². The summed E-state index contributed by atoms with van der Waals surface area (Å²) in [5, 5.41) is 0. The molecule has 126 valence electrons. The number of nitrogens with zero attached hydrogens (tertiary/aromatic N) is 3. The van der Waals surface area contributed by atoms with Gasteiger partial charge in [0.1, 0.15) is 0 Å². The van der Waals surface area contributed by atoms with Crippen molar-refractivity contribution in [2.24, 2.45) is 5.41 Å². The van der Waals surface area contributed by atoms with Crippen molar-refractivity contribution in [1.82, 2.24) is 14.7 Å². The van der Waals surface area contributed by atoms with E-state index in [4.69, 9.17) is 0 Å². The minimum Gasteiger partial charge on any atom is -0.342 e. The first-order valence-corrected chi connectivity index (χ1v) is 8.82. The summed E-state index contributed by atoms with van der Waals surface area (Å²) in [6, 6.07) is 10.7. The van der Waals surface area contributed by atoms with E-state index in [0.29, 0.717) is 11.3 Å². The molecule has 1 atom stereocenters. The average molecular weight is 315 g/mol. The van der Waals surface area contributed by atoms with Gasteiger partial charge in [-0.3, -0.25) is 14.6 Å². The Hall–Kier alpha value is -1.39. The number of likely N-dealkylation sites (tertiary alicyclic amines) is 2. The van der Waals surface area contributed by atoms with Gasteiger partial charge in [0, 0.05) is 44.7 Å². The van der Waals surface area contributed by atoms with Crippen LogP contribution in [0.5, 0.6) is 0 Å². The predicted octanol–water partition coefficient (Wildman–Crippen LogP) is 2.06. The highest BCUT2D eigenvalue weighted by atomic mass is 16.2. The van der Waals surface area contributed by atoms with Crippen LogP contribution in [-0.2, 0) is 11.3 Å². The van der Waals surface area contributed by atoms with E-state index in [-0.39, 0.29) is 6.04 Å². The molecule has 0 radical (unpaired) electrons. The lowest BCUT2D eigenvalue weighted by atomic mass is 9.77. The number of likely N-dealkylation sites (N-methyl/N-ethyl adjacent to an activating group) is 2. The van der Waals surface area contributed by atoms with Crippen LogP contribution < -0.4 is 0 Å². The Morgan fingerprint density at radius 1 is 1.17 bits per heavy atom. The summed E-state index contributed by atoms with van der Waals surface area (Å²) in [7, 11) is 2.11. The summed E-state index contributed by atoms with van der Waals surface area (Å²) in [5.74, 6) is 0.316. The minimum atomic E-state index is 0.0776. The highest BCUT2D eigenvalue weighted by Crippen LogP contribution is 2.42. The van der Waals surface area contributed by atoms with Gasteiger partial charge in [-0.05, 0) is 32.9 Å². The molecule has 23 heavy (non-hydrogen) atoms. The molecule has 2 fully saturated rings. The second-order valence-electron chi connectivity index (χ2n) is 7.28. The second kappa shape index (κ2) is 6.62. The largest absolute Gasteiger partial charge is 0.342 e. The first-order chi connectivity index (χ1) is 11.1. The van der Waals surface area contributed by atoms with E-state index in [1.54, 1.807) is 0 Å². The van der Waals surface area contributed by atoms with E-state index < -0.39 is 0 Å². The summed E-state index contributed by atoms with van der Waals surface area (Å²) >= 11 is 0. The molecule has 0 saturated carbocycles. The van der Waals surface area contributed by atoms with Gasteiger partial charge in [-0.2, -0.15) is 0 Å². The number of rotatable bonds is 5. The third-order valence-corrected chi connectivity index (χ3v) is 5.47. The second-order valence-corrected chi connectivity index (χ2v) is 7.28. The molecule has 0 aliphatic carbocycles.